The number of fused-ring (bicyclic) bond motifs is 1. The average molecular weight is 522 g/mol. The molecule has 2 aromatic heterocycles. The van der Waals surface area contributed by atoms with Crippen LogP contribution < -0.4 is 16.0 Å². The van der Waals surface area contributed by atoms with Crippen molar-refractivity contribution in [2.24, 2.45) is 16.6 Å². The molecule has 8 nitrogen and oxygen atoms in total. The van der Waals surface area contributed by atoms with Gasteiger partial charge in [0.15, 0.2) is 22.5 Å². The maximum atomic E-state index is 14.0. The molecule has 1 aromatic carbocycles. The van der Waals surface area contributed by atoms with Gasteiger partial charge in [0.2, 0.25) is 5.95 Å². The smallest absolute Gasteiger partial charge is 0.277 e. The van der Waals surface area contributed by atoms with Gasteiger partial charge in [-0.05, 0) is 17.7 Å². The monoisotopic (exact) mass is 521 g/mol. The van der Waals surface area contributed by atoms with Gasteiger partial charge in [-0.15, -0.1) is 12.4 Å². The third-order valence-corrected chi connectivity index (χ3v) is 6.78. The third kappa shape index (κ3) is 4.76. The van der Waals surface area contributed by atoms with E-state index in [0.29, 0.717) is 41.7 Å². The van der Waals surface area contributed by atoms with Gasteiger partial charge < -0.3 is 16.0 Å². The van der Waals surface area contributed by atoms with E-state index in [9.17, 15) is 18.0 Å². The maximum Gasteiger partial charge on any atom is 0.277 e. The fourth-order valence-electron chi connectivity index (χ4n) is 4.28. The molecule has 1 amide bonds. The van der Waals surface area contributed by atoms with Crippen molar-refractivity contribution in [2.75, 3.05) is 29.1 Å². The summed E-state index contributed by atoms with van der Waals surface area (Å²) in [5.41, 5.74) is 6.03. The summed E-state index contributed by atoms with van der Waals surface area (Å²) in [4.78, 5) is 31.0. The third-order valence-electron chi connectivity index (χ3n) is 5.82. The summed E-state index contributed by atoms with van der Waals surface area (Å²) in [6.45, 7) is 0.979. The summed E-state index contributed by atoms with van der Waals surface area (Å²) in [7, 11) is 0. The molecular formula is C22H19ClF3N7OS. The van der Waals surface area contributed by atoms with Crippen molar-refractivity contribution in [3.8, 4) is 0 Å². The number of aromatic nitrogens is 3. The number of thioether (sulfide) groups is 1. The molecule has 2 aliphatic rings. The van der Waals surface area contributed by atoms with Crippen LogP contribution in [0.3, 0.4) is 0 Å². The Morgan fingerprint density at radius 3 is 2.60 bits per heavy atom. The molecule has 3 aromatic rings. The van der Waals surface area contributed by atoms with Crippen LogP contribution in [0.25, 0.3) is 0 Å². The quantitative estimate of drug-likeness (QED) is 0.542. The second kappa shape index (κ2) is 9.70. The zero-order valence-corrected chi connectivity index (χ0v) is 19.6. The second-order valence-corrected chi connectivity index (χ2v) is 9.02. The van der Waals surface area contributed by atoms with Gasteiger partial charge in [0, 0.05) is 30.0 Å². The van der Waals surface area contributed by atoms with Crippen molar-refractivity contribution in [2.45, 2.75) is 5.54 Å². The Labute approximate surface area is 208 Å². The summed E-state index contributed by atoms with van der Waals surface area (Å²) in [5.74, 6) is -2.13. The zero-order valence-electron chi connectivity index (χ0n) is 18.0. The van der Waals surface area contributed by atoms with Crippen LogP contribution >= 0.6 is 24.2 Å². The average Bonchev–Trinajstić information content (AvgIpc) is 3.19. The number of nitrogens with two attached hydrogens (primary N) is 1. The molecule has 35 heavy (non-hydrogen) atoms. The minimum absolute atomic E-state index is 0. The minimum Gasteiger partial charge on any atom is -0.379 e. The van der Waals surface area contributed by atoms with Crippen molar-refractivity contribution in [3.63, 3.8) is 0 Å². The summed E-state index contributed by atoms with van der Waals surface area (Å²) >= 11 is 1.45. The number of pyridine rings is 1. The molecule has 1 saturated heterocycles. The fraction of sp³-hybridized carbons (Fsp3) is 0.227. The van der Waals surface area contributed by atoms with Gasteiger partial charge in [0.05, 0.1) is 25.1 Å². The summed E-state index contributed by atoms with van der Waals surface area (Å²) in [5, 5.41) is 3.04. The minimum atomic E-state index is -1.06. The van der Waals surface area contributed by atoms with E-state index in [1.165, 1.54) is 11.8 Å². The highest BCUT2D eigenvalue weighted by Gasteiger charge is 2.50. The van der Waals surface area contributed by atoms with Crippen molar-refractivity contribution < 1.29 is 18.0 Å². The summed E-state index contributed by atoms with van der Waals surface area (Å²) in [6.07, 6.45) is 3.00. The van der Waals surface area contributed by atoms with Crippen LogP contribution in [0.15, 0.2) is 53.9 Å². The lowest BCUT2D eigenvalue weighted by Crippen LogP contribution is -2.40. The number of aliphatic imine (C=N–C) groups is 1. The molecule has 5 rings (SSSR count). The maximum absolute atomic E-state index is 14.0. The molecule has 2 aliphatic heterocycles. The van der Waals surface area contributed by atoms with E-state index >= 15 is 0 Å². The van der Waals surface area contributed by atoms with Crippen molar-refractivity contribution >= 4 is 46.9 Å². The van der Waals surface area contributed by atoms with Crippen LogP contribution in [-0.2, 0) is 5.54 Å². The lowest BCUT2D eigenvalue weighted by atomic mass is 9.81. The van der Waals surface area contributed by atoms with E-state index in [0.717, 1.165) is 24.2 Å². The Kier molecular flexibility index (Phi) is 6.86. The SMILES string of the molecule is Cl.NC1=N[C@@]2(c3cccc(NC(=O)c4ncc(F)cc4F)c3)CN(c3ncc(F)cn3)C[C@H]2CS1. The fourth-order valence-corrected chi connectivity index (χ4v) is 5.27. The topological polar surface area (TPSA) is 109 Å². The van der Waals surface area contributed by atoms with Crippen LogP contribution in [0.4, 0.5) is 24.8 Å². The van der Waals surface area contributed by atoms with Crippen molar-refractivity contribution in [1.29, 1.82) is 0 Å². The molecule has 0 saturated carbocycles. The Bertz CT molecular complexity index is 1300. The lowest BCUT2D eigenvalue weighted by molar-refractivity contribution is 0.101. The Morgan fingerprint density at radius 1 is 1.11 bits per heavy atom. The number of amides is 1. The van der Waals surface area contributed by atoms with Crippen molar-refractivity contribution in [3.05, 3.63) is 77.6 Å². The number of hydrogen-bond donors (Lipinski definition) is 2. The number of amidine groups is 1. The lowest BCUT2D eigenvalue weighted by Gasteiger charge is -2.34. The van der Waals surface area contributed by atoms with E-state index in [1.54, 1.807) is 18.2 Å². The largest absolute Gasteiger partial charge is 0.379 e. The molecule has 3 N–H and O–H groups in total. The molecule has 0 radical (unpaired) electrons. The van der Waals surface area contributed by atoms with Gasteiger partial charge >= 0.3 is 0 Å². The number of carbonyl (C=O) groups excluding carboxylic acids is 1. The molecule has 2 atom stereocenters. The van der Waals surface area contributed by atoms with Gasteiger partial charge in [-0.25, -0.2) is 33.1 Å². The van der Waals surface area contributed by atoms with E-state index in [2.05, 4.69) is 20.3 Å². The molecule has 0 unspecified atom stereocenters. The molecule has 0 spiro atoms. The molecule has 182 valence electrons. The first-order valence-electron chi connectivity index (χ1n) is 10.3. The molecule has 1 fully saturated rings. The van der Waals surface area contributed by atoms with Crippen LogP contribution in [0.5, 0.6) is 0 Å². The molecule has 13 heteroatoms. The van der Waals surface area contributed by atoms with Gasteiger partial charge in [-0.3, -0.25) is 4.79 Å². The van der Waals surface area contributed by atoms with E-state index in [-0.39, 0.29) is 18.3 Å². The first-order valence-corrected chi connectivity index (χ1v) is 11.3. The standard InChI is InChI=1S/C22H18F3N7OS.ClH/c23-14-5-17(25)18(27-6-14)19(33)30-16-3-1-2-12(4-16)22-11-32(21-28-7-15(24)8-29-21)9-13(22)10-34-20(26)31-22;/h1-8,13H,9-11H2,(H2,26,31)(H,30,33);1H/t13-,22+;/m0./s1. The predicted octanol–water partition coefficient (Wildman–Crippen LogP) is 3.36. The number of nitrogens with zero attached hydrogens (tertiary/aromatic N) is 5. The van der Waals surface area contributed by atoms with Crippen LogP contribution in [0.1, 0.15) is 16.1 Å². The highest BCUT2D eigenvalue weighted by atomic mass is 35.5. The molecular weight excluding hydrogens is 503 g/mol. The van der Waals surface area contributed by atoms with Gasteiger partial charge in [-0.2, -0.15) is 0 Å². The van der Waals surface area contributed by atoms with Gasteiger partial charge in [0.1, 0.15) is 11.4 Å². The molecule has 0 bridgehead atoms. The zero-order chi connectivity index (χ0) is 23.9. The molecule has 4 heterocycles. The van der Waals surface area contributed by atoms with Gasteiger partial charge in [-0.1, -0.05) is 23.9 Å². The summed E-state index contributed by atoms with van der Waals surface area (Å²) in [6, 6.07) is 7.61. The van der Waals surface area contributed by atoms with Gasteiger partial charge in [0.25, 0.3) is 5.91 Å². The summed E-state index contributed by atoms with van der Waals surface area (Å²) < 4.78 is 40.4. The number of halogens is 4. The number of rotatable bonds is 4. The Morgan fingerprint density at radius 2 is 1.86 bits per heavy atom. The highest BCUT2D eigenvalue weighted by molar-refractivity contribution is 8.13. The number of anilines is 2. The predicted molar refractivity (Wildman–Crippen MR) is 129 cm³/mol. The van der Waals surface area contributed by atoms with E-state index in [1.807, 2.05) is 11.0 Å². The number of hydrogen-bond acceptors (Lipinski definition) is 8. The number of nitrogens with one attached hydrogen (secondary N) is 1. The van der Waals surface area contributed by atoms with E-state index < -0.39 is 34.6 Å². The van der Waals surface area contributed by atoms with Crippen LogP contribution in [-0.4, -0.2) is 44.9 Å². The van der Waals surface area contributed by atoms with Crippen molar-refractivity contribution in [1.82, 2.24) is 15.0 Å². The normalized spacial score (nSPS) is 21.1. The molecule has 0 aliphatic carbocycles. The van der Waals surface area contributed by atoms with E-state index in [4.69, 9.17) is 10.7 Å². The second-order valence-electron chi connectivity index (χ2n) is 7.98. The first-order chi connectivity index (χ1) is 16.3. The Hall–Kier alpha value is -3.38. The Balaban J connectivity index is 0.00000289. The number of benzene rings is 1. The first kappa shape index (κ1) is 24.7. The highest BCUT2D eigenvalue weighted by Crippen LogP contribution is 2.46. The number of carbonyl (C=O) groups is 1. The van der Waals surface area contributed by atoms with Crippen LogP contribution in [0, 0.1) is 23.4 Å². The van der Waals surface area contributed by atoms with Crippen LogP contribution in [0.2, 0.25) is 0 Å².